The maximum absolute atomic E-state index is 13.0. The highest BCUT2D eigenvalue weighted by atomic mass is 16.6. The molecule has 0 aliphatic rings. The first kappa shape index (κ1) is 18.5. The van der Waals surface area contributed by atoms with Crippen molar-refractivity contribution in [2.24, 2.45) is 0 Å². The molecule has 0 fully saturated rings. The number of aromatic nitrogens is 1. The van der Waals surface area contributed by atoms with Gasteiger partial charge in [-0.15, -0.1) is 0 Å². The van der Waals surface area contributed by atoms with Crippen molar-refractivity contribution in [1.29, 1.82) is 0 Å². The van der Waals surface area contributed by atoms with Crippen LogP contribution in [0.25, 0.3) is 0 Å². The van der Waals surface area contributed by atoms with E-state index < -0.39 is 4.92 Å². The van der Waals surface area contributed by atoms with Crippen LogP contribution >= 0.6 is 0 Å². The molecule has 7 nitrogen and oxygen atoms in total. The molecule has 0 radical (unpaired) electrons. The van der Waals surface area contributed by atoms with Crippen molar-refractivity contribution in [3.8, 4) is 0 Å². The van der Waals surface area contributed by atoms with E-state index in [9.17, 15) is 20.0 Å². The molecule has 0 saturated carbocycles. The lowest BCUT2D eigenvalue weighted by atomic mass is 10.1. The molecule has 1 amide bonds. The van der Waals surface area contributed by atoms with Gasteiger partial charge >= 0.3 is 0 Å². The van der Waals surface area contributed by atoms with E-state index >= 15 is 0 Å². The number of hydrogen-bond acceptors (Lipinski definition) is 5. The third-order valence-corrected chi connectivity index (χ3v) is 4.05. The van der Waals surface area contributed by atoms with Crippen LogP contribution in [0.1, 0.15) is 35.0 Å². The largest absolute Gasteiger partial charge is 0.396 e. The van der Waals surface area contributed by atoms with Gasteiger partial charge in [-0.3, -0.25) is 19.9 Å². The van der Waals surface area contributed by atoms with Gasteiger partial charge in [0.05, 0.1) is 16.2 Å². The van der Waals surface area contributed by atoms with E-state index in [1.54, 1.807) is 11.8 Å². The lowest BCUT2D eigenvalue weighted by molar-refractivity contribution is -0.385. The highest BCUT2D eigenvalue weighted by Crippen LogP contribution is 2.20. The maximum Gasteiger partial charge on any atom is 0.288 e. The van der Waals surface area contributed by atoms with E-state index in [2.05, 4.69) is 4.98 Å². The van der Waals surface area contributed by atoms with Crippen LogP contribution in [0.15, 0.2) is 42.6 Å². The number of carbonyl (C=O) groups is 1. The first-order valence-corrected chi connectivity index (χ1v) is 8.00. The molecular formula is C18H21N3O4. The molecule has 132 valence electrons. The Morgan fingerprint density at radius 2 is 2.04 bits per heavy atom. The minimum atomic E-state index is -0.568. The van der Waals surface area contributed by atoms with Crippen LogP contribution < -0.4 is 0 Å². The van der Waals surface area contributed by atoms with Gasteiger partial charge in [0.1, 0.15) is 6.20 Å². The summed E-state index contributed by atoms with van der Waals surface area (Å²) in [5.74, 6) is -0.335. The Kier molecular flexibility index (Phi) is 6.19. The number of aliphatic hydroxyl groups excluding tert-OH is 1. The summed E-state index contributed by atoms with van der Waals surface area (Å²) in [6.07, 6.45) is 1.56. The van der Waals surface area contributed by atoms with Gasteiger partial charge in [-0.2, -0.15) is 0 Å². The van der Waals surface area contributed by atoms with Gasteiger partial charge in [-0.1, -0.05) is 30.3 Å². The minimum Gasteiger partial charge on any atom is -0.396 e. The molecule has 0 aliphatic carbocycles. The van der Waals surface area contributed by atoms with Crippen molar-refractivity contribution in [2.75, 3.05) is 6.61 Å². The molecule has 0 bridgehead atoms. The highest BCUT2D eigenvalue weighted by molar-refractivity contribution is 5.96. The van der Waals surface area contributed by atoms with Crippen LogP contribution in [-0.2, 0) is 6.54 Å². The first-order valence-electron chi connectivity index (χ1n) is 8.00. The van der Waals surface area contributed by atoms with Gasteiger partial charge in [-0.05, 0) is 25.8 Å². The summed E-state index contributed by atoms with van der Waals surface area (Å²) in [6.45, 7) is 3.79. The molecule has 0 saturated heterocycles. The molecule has 1 atom stereocenters. The molecule has 0 aliphatic heterocycles. The van der Waals surface area contributed by atoms with E-state index in [4.69, 9.17) is 0 Å². The molecule has 1 unspecified atom stereocenters. The quantitative estimate of drug-likeness (QED) is 0.616. The predicted molar refractivity (Wildman–Crippen MR) is 93.1 cm³/mol. The molecule has 1 N–H and O–H groups in total. The average molecular weight is 343 g/mol. The Balaban J connectivity index is 2.37. The summed E-state index contributed by atoms with van der Waals surface area (Å²) >= 11 is 0. The van der Waals surface area contributed by atoms with E-state index in [1.165, 1.54) is 6.07 Å². The summed E-state index contributed by atoms with van der Waals surface area (Å²) in [5, 5.41) is 20.2. The fourth-order valence-electron chi connectivity index (χ4n) is 2.54. The van der Waals surface area contributed by atoms with Crippen molar-refractivity contribution >= 4 is 11.6 Å². The van der Waals surface area contributed by atoms with Crippen LogP contribution in [0.2, 0.25) is 0 Å². The Bertz CT molecular complexity index is 749. The zero-order chi connectivity index (χ0) is 18.4. The molecule has 7 heteroatoms. The van der Waals surface area contributed by atoms with Crippen LogP contribution in [-0.4, -0.2) is 38.5 Å². The third kappa shape index (κ3) is 4.60. The van der Waals surface area contributed by atoms with Crippen LogP contribution in [0.4, 0.5) is 5.69 Å². The van der Waals surface area contributed by atoms with Gasteiger partial charge in [0.25, 0.3) is 11.6 Å². The van der Waals surface area contributed by atoms with Gasteiger partial charge in [0.2, 0.25) is 0 Å². The molecule has 1 heterocycles. The number of benzene rings is 1. The normalized spacial score (nSPS) is 11.8. The Morgan fingerprint density at radius 3 is 2.64 bits per heavy atom. The second kappa shape index (κ2) is 8.34. The lowest BCUT2D eigenvalue weighted by Gasteiger charge is -2.29. The number of amides is 1. The van der Waals surface area contributed by atoms with Crippen LogP contribution in [0.3, 0.4) is 0 Å². The van der Waals surface area contributed by atoms with Crippen LogP contribution in [0, 0.1) is 17.0 Å². The smallest absolute Gasteiger partial charge is 0.288 e. The number of pyridine rings is 1. The Hall–Kier alpha value is -2.80. The highest BCUT2D eigenvalue weighted by Gasteiger charge is 2.25. The van der Waals surface area contributed by atoms with Gasteiger partial charge < -0.3 is 10.0 Å². The third-order valence-electron chi connectivity index (χ3n) is 4.05. The van der Waals surface area contributed by atoms with Crippen molar-refractivity contribution in [2.45, 2.75) is 32.9 Å². The van der Waals surface area contributed by atoms with Gasteiger partial charge in [0, 0.05) is 25.3 Å². The predicted octanol–water partition coefficient (Wildman–Crippen LogP) is 2.71. The lowest BCUT2D eigenvalue weighted by Crippen LogP contribution is -2.39. The summed E-state index contributed by atoms with van der Waals surface area (Å²) in [5.41, 5.74) is 1.36. The van der Waals surface area contributed by atoms with E-state index in [0.717, 1.165) is 11.8 Å². The Labute approximate surface area is 146 Å². The molecular weight excluding hydrogens is 322 g/mol. The first-order chi connectivity index (χ1) is 11.9. The second-order valence-electron chi connectivity index (χ2n) is 5.86. The second-order valence-corrected chi connectivity index (χ2v) is 5.86. The minimum absolute atomic E-state index is 0.0497. The number of nitro groups is 1. The zero-order valence-electron chi connectivity index (χ0n) is 14.3. The molecule has 2 rings (SSSR count). The molecule has 1 aromatic carbocycles. The van der Waals surface area contributed by atoms with E-state index in [0.29, 0.717) is 18.7 Å². The fourth-order valence-corrected chi connectivity index (χ4v) is 2.54. The average Bonchev–Trinajstić information content (AvgIpc) is 2.60. The fraction of sp³-hybridized carbons (Fsp3) is 0.333. The standard InChI is InChI=1S/C18H21N3O4/c1-13(8-9-22)20(12-15-6-4-3-5-7-15)18(23)17-10-16(21(24)25)11-19-14(17)2/h3-7,10-11,13,22H,8-9,12H2,1-2H3. The van der Waals surface area contributed by atoms with Gasteiger partial charge in [0.15, 0.2) is 0 Å². The summed E-state index contributed by atoms with van der Waals surface area (Å²) in [6, 6.07) is 10.5. The summed E-state index contributed by atoms with van der Waals surface area (Å²) < 4.78 is 0. The molecule has 2 aromatic rings. The Morgan fingerprint density at radius 1 is 1.36 bits per heavy atom. The maximum atomic E-state index is 13.0. The number of aliphatic hydroxyl groups is 1. The number of hydrogen-bond donors (Lipinski definition) is 1. The van der Waals surface area contributed by atoms with Crippen molar-refractivity contribution in [3.05, 3.63) is 69.5 Å². The van der Waals surface area contributed by atoms with Crippen molar-refractivity contribution < 1.29 is 14.8 Å². The molecule has 25 heavy (non-hydrogen) atoms. The van der Waals surface area contributed by atoms with E-state index in [1.807, 2.05) is 37.3 Å². The van der Waals surface area contributed by atoms with Crippen molar-refractivity contribution in [1.82, 2.24) is 9.88 Å². The van der Waals surface area contributed by atoms with E-state index in [-0.39, 0.29) is 29.8 Å². The number of carbonyl (C=O) groups excluding carboxylic acids is 1. The summed E-state index contributed by atoms with van der Waals surface area (Å²) in [7, 11) is 0. The van der Waals surface area contributed by atoms with Crippen molar-refractivity contribution in [3.63, 3.8) is 0 Å². The number of rotatable bonds is 7. The molecule has 0 spiro atoms. The summed E-state index contributed by atoms with van der Waals surface area (Å²) in [4.78, 5) is 29.1. The number of nitrogens with zero attached hydrogens (tertiary/aromatic N) is 3. The monoisotopic (exact) mass is 343 g/mol. The van der Waals surface area contributed by atoms with Gasteiger partial charge in [-0.25, -0.2) is 0 Å². The van der Waals surface area contributed by atoms with Crippen LogP contribution in [0.5, 0.6) is 0 Å². The SMILES string of the molecule is Cc1ncc([N+](=O)[O-])cc1C(=O)N(Cc1ccccc1)C(C)CCO. The zero-order valence-corrected chi connectivity index (χ0v) is 14.3. The topological polar surface area (TPSA) is 96.6 Å². The number of aryl methyl sites for hydroxylation is 1. The molecule has 1 aromatic heterocycles.